The van der Waals surface area contributed by atoms with Gasteiger partial charge in [-0.25, -0.2) is 8.42 Å². The van der Waals surface area contributed by atoms with E-state index in [2.05, 4.69) is 0 Å². The van der Waals surface area contributed by atoms with Crippen LogP contribution in [0.1, 0.15) is 22.7 Å². The topological polar surface area (TPSA) is 57.6 Å². The number of sulfonamides is 1. The summed E-state index contributed by atoms with van der Waals surface area (Å²) in [5.74, 6) is 0. The van der Waals surface area contributed by atoms with E-state index >= 15 is 0 Å². The molecule has 0 aliphatic heterocycles. The van der Waals surface area contributed by atoms with E-state index in [1.165, 1.54) is 27.0 Å². The molecule has 7 heteroatoms. The summed E-state index contributed by atoms with van der Waals surface area (Å²) in [5, 5.41) is 12.8. The lowest BCUT2D eigenvalue weighted by Gasteiger charge is -2.23. The highest BCUT2D eigenvalue weighted by Gasteiger charge is 2.29. The first-order valence-electron chi connectivity index (χ1n) is 5.67. The Bertz CT molecular complexity index is 631. The molecule has 0 radical (unpaired) electrons. The van der Waals surface area contributed by atoms with Crippen molar-refractivity contribution in [1.29, 1.82) is 0 Å². The zero-order valence-electron chi connectivity index (χ0n) is 10.6. The highest BCUT2D eigenvalue weighted by atomic mass is 32.2. The Morgan fingerprint density at radius 2 is 2.05 bits per heavy atom. The number of nitrogens with zero attached hydrogens (tertiary/aromatic N) is 1. The molecule has 2 heterocycles. The van der Waals surface area contributed by atoms with Crippen LogP contribution in [0.4, 0.5) is 0 Å². The molecule has 0 saturated carbocycles. The molecule has 0 saturated heterocycles. The van der Waals surface area contributed by atoms with Gasteiger partial charge in [0.1, 0.15) is 0 Å². The molecule has 1 unspecified atom stereocenters. The van der Waals surface area contributed by atoms with Crippen LogP contribution in [0.25, 0.3) is 0 Å². The van der Waals surface area contributed by atoms with Crippen LogP contribution in [-0.2, 0) is 16.6 Å². The van der Waals surface area contributed by atoms with Gasteiger partial charge in [0.25, 0.3) is 0 Å². The third kappa shape index (κ3) is 2.75. The van der Waals surface area contributed by atoms with Gasteiger partial charge in [0.2, 0.25) is 10.0 Å². The minimum Gasteiger partial charge on any atom is -0.391 e. The van der Waals surface area contributed by atoms with Gasteiger partial charge in [0.05, 0.1) is 17.5 Å². The molecule has 0 aliphatic carbocycles. The predicted molar refractivity (Wildman–Crippen MR) is 77.9 cm³/mol. The zero-order chi connectivity index (χ0) is 14.0. The molecular weight excluding hydrogens is 302 g/mol. The molecule has 0 fully saturated rings. The van der Waals surface area contributed by atoms with Crippen molar-refractivity contribution < 1.29 is 13.5 Å². The average Bonchev–Trinajstić information content (AvgIpc) is 3.06. The maximum atomic E-state index is 12.5. The van der Waals surface area contributed by atoms with E-state index in [4.69, 9.17) is 0 Å². The fourth-order valence-corrected chi connectivity index (χ4v) is 5.24. The molecule has 1 N–H and O–H groups in total. The predicted octanol–water partition coefficient (Wildman–Crippen LogP) is 2.68. The van der Waals surface area contributed by atoms with Gasteiger partial charge in [-0.05, 0) is 29.8 Å². The SMILES string of the molecule is CC(c1cccs1)N(C)S(=O)(=O)c1ccsc1CO. The van der Waals surface area contributed by atoms with Crippen LogP contribution in [0, 0.1) is 0 Å². The van der Waals surface area contributed by atoms with E-state index in [1.807, 2.05) is 24.4 Å². The van der Waals surface area contributed by atoms with Crippen molar-refractivity contribution in [2.24, 2.45) is 0 Å². The van der Waals surface area contributed by atoms with Gasteiger partial charge in [-0.3, -0.25) is 0 Å². The smallest absolute Gasteiger partial charge is 0.244 e. The van der Waals surface area contributed by atoms with Crippen LogP contribution < -0.4 is 0 Å². The summed E-state index contributed by atoms with van der Waals surface area (Å²) in [6.45, 7) is 1.60. The van der Waals surface area contributed by atoms with Crippen LogP contribution in [0.15, 0.2) is 33.9 Å². The number of hydrogen-bond acceptors (Lipinski definition) is 5. The number of aliphatic hydroxyl groups is 1. The standard InChI is InChI=1S/C12H15NO3S3/c1-9(10-4-3-6-17-10)13(2)19(15,16)12-5-7-18-11(12)8-14/h3-7,9,14H,8H2,1-2H3. The van der Waals surface area contributed by atoms with Gasteiger partial charge >= 0.3 is 0 Å². The second-order valence-electron chi connectivity index (χ2n) is 4.08. The van der Waals surface area contributed by atoms with Crippen molar-refractivity contribution in [3.63, 3.8) is 0 Å². The van der Waals surface area contributed by atoms with E-state index in [1.54, 1.807) is 18.5 Å². The van der Waals surface area contributed by atoms with Gasteiger partial charge in [0, 0.05) is 16.8 Å². The first-order valence-corrected chi connectivity index (χ1v) is 8.87. The van der Waals surface area contributed by atoms with E-state index in [-0.39, 0.29) is 17.5 Å². The van der Waals surface area contributed by atoms with Gasteiger partial charge in [-0.2, -0.15) is 4.31 Å². The molecule has 1 atom stereocenters. The second kappa shape index (κ2) is 5.72. The summed E-state index contributed by atoms with van der Waals surface area (Å²) in [6.07, 6.45) is 0. The summed E-state index contributed by atoms with van der Waals surface area (Å²) >= 11 is 2.78. The lowest BCUT2D eigenvalue weighted by Crippen LogP contribution is -2.29. The Kier molecular flexibility index (Phi) is 4.42. The molecule has 0 bridgehead atoms. The number of thiophene rings is 2. The van der Waals surface area contributed by atoms with Crippen molar-refractivity contribution in [2.45, 2.75) is 24.5 Å². The normalized spacial score (nSPS) is 13.9. The summed E-state index contributed by atoms with van der Waals surface area (Å²) in [6, 6.07) is 5.14. The minimum absolute atomic E-state index is 0.200. The number of rotatable bonds is 5. The van der Waals surface area contributed by atoms with E-state index in [0.717, 1.165) is 4.88 Å². The lowest BCUT2D eigenvalue weighted by molar-refractivity contribution is 0.282. The maximum absolute atomic E-state index is 12.5. The fraction of sp³-hybridized carbons (Fsp3) is 0.333. The Hall–Kier alpha value is -0.730. The lowest BCUT2D eigenvalue weighted by atomic mass is 10.3. The minimum atomic E-state index is -3.57. The van der Waals surface area contributed by atoms with Crippen LogP contribution in [-0.4, -0.2) is 24.9 Å². The highest BCUT2D eigenvalue weighted by Crippen LogP contribution is 2.31. The molecule has 19 heavy (non-hydrogen) atoms. The summed E-state index contributed by atoms with van der Waals surface area (Å²) in [5.41, 5.74) is 0. The summed E-state index contributed by atoms with van der Waals surface area (Å²) in [7, 11) is -2.01. The molecule has 0 amide bonds. The monoisotopic (exact) mass is 317 g/mol. The molecule has 2 rings (SSSR count). The van der Waals surface area contributed by atoms with Crippen LogP contribution >= 0.6 is 22.7 Å². The number of hydrogen-bond donors (Lipinski definition) is 1. The molecule has 104 valence electrons. The van der Waals surface area contributed by atoms with Crippen LogP contribution in [0.5, 0.6) is 0 Å². The zero-order valence-corrected chi connectivity index (χ0v) is 13.1. The van der Waals surface area contributed by atoms with Crippen molar-refractivity contribution in [3.05, 3.63) is 38.7 Å². The Labute approximate surface area is 121 Å². The first kappa shape index (κ1) is 14.7. The maximum Gasteiger partial charge on any atom is 0.244 e. The molecule has 0 aliphatic rings. The van der Waals surface area contributed by atoms with Crippen molar-refractivity contribution >= 4 is 32.7 Å². The quantitative estimate of drug-likeness (QED) is 0.922. The fourth-order valence-electron chi connectivity index (χ4n) is 1.75. The van der Waals surface area contributed by atoms with Crippen molar-refractivity contribution in [1.82, 2.24) is 4.31 Å². The molecule has 0 aromatic carbocycles. The van der Waals surface area contributed by atoms with Crippen LogP contribution in [0.2, 0.25) is 0 Å². The molecule has 2 aromatic heterocycles. The molecule has 2 aromatic rings. The van der Waals surface area contributed by atoms with Crippen molar-refractivity contribution in [2.75, 3.05) is 7.05 Å². The molecule has 4 nitrogen and oxygen atoms in total. The summed E-state index contributed by atoms with van der Waals surface area (Å²) in [4.78, 5) is 1.67. The first-order chi connectivity index (χ1) is 8.98. The summed E-state index contributed by atoms with van der Waals surface area (Å²) < 4.78 is 26.4. The second-order valence-corrected chi connectivity index (χ2v) is 8.02. The molecule has 0 spiro atoms. The largest absolute Gasteiger partial charge is 0.391 e. The average molecular weight is 317 g/mol. The van der Waals surface area contributed by atoms with Gasteiger partial charge in [-0.15, -0.1) is 22.7 Å². The van der Waals surface area contributed by atoms with Gasteiger partial charge < -0.3 is 5.11 Å². The van der Waals surface area contributed by atoms with Gasteiger partial charge in [-0.1, -0.05) is 6.07 Å². The highest BCUT2D eigenvalue weighted by molar-refractivity contribution is 7.89. The van der Waals surface area contributed by atoms with E-state index in [9.17, 15) is 13.5 Å². The van der Waals surface area contributed by atoms with Crippen LogP contribution in [0.3, 0.4) is 0 Å². The third-order valence-electron chi connectivity index (χ3n) is 3.01. The molecular formula is C12H15NO3S3. The van der Waals surface area contributed by atoms with Gasteiger partial charge in [0.15, 0.2) is 0 Å². The number of aliphatic hydroxyl groups excluding tert-OH is 1. The van der Waals surface area contributed by atoms with E-state index in [0.29, 0.717) is 4.88 Å². The van der Waals surface area contributed by atoms with Crippen molar-refractivity contribution in [3.8, 4) is 0 Å². The Morgan fingerprint density at radius 1 is 1.32 bits per heavy atom. The Morgan fingerprint density at radius 3 is 2.63 bits per heavy atom. The third-order valence-corrected chi connectivity index (χ3v) is 7.10. The Balaban J connectivity index is 2.35. The van der Waals surface area contributed by atoms with E-state index < -0.39 is 10.0 Å².